The quantitative estimate of drug-likeness (QED) is 0.799. The Bertz CT molecular complexity index is 405. The van der Waals surface area contributed by atoms with Crippen molar-refractivity contribution in [1.29, 1.82) is 0 Å². The van der Waals surface area contributed by atoms with Gasteiger partial charge in [-0.3, -0.25) is 0 Å². The van der Waals surface area contributed by atoms with Gasteiger partial charge in [-0.05, 0) is 37.6 Å². The summed E-state index contributed by atoms with van der Waals surface area (Å²) in [6.45, 7) is 2.50. The zero-order chi connectivity index (χ0) is 12.8. The number of carbonyl (C=O) groups is 1. The van der Waals surface area contributed by atoms with E-state index in [1.807, 2.05) is 24.3 Å². The molecule has 4 nitrogen and oxygen atoms in total. The van der Waals surface area contributed by atoms with Gasteiger partial charge in [-0.15, -0.1) is 0 Å². The first-order valence-corrected chi connectivity index (χ1v) is 7.03. The van der Waals surface area contributed by atoms with Crippen LogP contribution in [0.4, 0.5) is 4.79 Å². The Morgan fingerprint density at radius 1 is 1.33 bits per heavy atom. The largest absolute Gasteiger partial charge is 0.335 e. The van der Waals surface area contributed by atoms with Crippen LogP contribution in [0.3, 0.4) is 0 Å². The average Bonchev–Trinajstić information content (AvgIpc) is 2.39. The van der Waals surface area contributed by atoms with E-state index in [9.17, 15) is 4.79 Å². The number of benzene rings is 1. The summed E-state index contributed by atoms with van der Waals surface area (Å²) in [5.74, 6) is 0. The third-order valence-electron chi connectivity index (χ3n) is 3.07. The summed E-state index contributed by atoms with van der Waals surface area (Å²) < 4.78 is 1.02. The van der Waals surface area contributed by atoms with Crippen molar-refractivity contribution in [2.24, 2.45) is 0 Å². The van der Waals surface area contributed by atoms with Crippen molar-refractivity contribution < 1.29 is 4.79 Å². The molecule has 1 fully saturated rings. The number of urea groups is 1. The van der Waals surface area contributed by atoms with Gasteiger partial charge in [0.05, 0.1) is 0 Å². The van der Waals surface area contributed by atoms with Crippen molar-refractivity contribution in [1.82, 2.24) is 16.0 Å². The molecular weight excluding hydrogens is 294 g/mol. The molecule has 2 amide bonds. The molecule has 1 aliphatic heterocycles. The fourth-order valence-corrected chi connectivity index (χ4v) is 2.44. The van der Waals surface area contributed by atoms with Crippen molar-refractivity contribution in [3.05, 3.63) is 34.3 Å². The summed E-state index contributed by atoms with van der Waals surface area (Å²) in [6.07, 6.45) is 2.00. The molecule has 1 aromatic carbocycles. The second kappa shape index (κ2) is 6.75. The molecule has 1 aliphatic rings. The number of rotatable bonds is 3. The lowest BCUT2D eigenvalue weighted by atomic mass is 10.1. The normalized spacial score (nSPS) is 16.3. The Hall–Kier alpha value is -1.07. The molecule has 1 heterocycles. The molecule has 0 bridgehead atoms. The molecule has 18 heavy (non-hydrogen) atoms. The van der Waals surface area contributed by atoms with Crippen LogP contribution in [0.25, 0.3) is 0 Å². The van der Waals surface area contributed by atoms with E-state index in [1.165, 1.54) is 0 Å². The molecular formula is C13H18BrN3O. The standard InChI is InChI=1S/C13H18BrN3O/c14-12-4-2-1-3-10(12)9-16-13(18)17-11-5-7-15-8-6-11/h1-4,11,15H,5-9H2,(H2,16,17,18). The van der Waals surface area contributed by atoms with Gasteiger partial charge in [0.2, 0.25) is 0 Å². The molecule has 0 saturated carbocycles. The number of carbonyl (C=O) groups excluding carboxylic acids is 1. The highest BCUT2D eigenvalue weighted by Gasteiger charge is 2.14. The van der Waals surface area contributed by atoms with E-state index in [4.69, 9.17) is 0 Å². The van der Waals surface area contributed by atoms with Gasteiger partial charge in [-0.25, -0.2) is 4.79 Å². The molecule has 1 aromatic rings. The molecule has 0 atom stereocenters. The van der Waals surface area contributed by atoms with Crippen molar-refractivity contribution in [2.45, 2.75) is 25.4 Å². The maximum Gasteiger partial charge on any atom is 0.315 e. The molecule has 0 aliphatic carbocycles. The lowest BCUT2D eigenvalue weighted by molar-refractivity contribution is 0.233. The average molecular weight is 312 g/mol. The smallest absolute Gasteiger partial charge is 0.315 e. The minimum Gasteiger partial charge on any atom is -0.335 e. The maximum absolute atomic E-state index is 11.7. The van der Waals surface area contributed by atoms with Crippen LogP contribution in [-0.2, 0) is 6.54 Å². The number of nitrogens with one attached hydrogen (secondary N) is 3. The van der Waals surface area contributed by atoms with Crippen LogP contribution in [0.15, 0.2) is 28.7 Å². The SMILES string of the molecule is O=C(NCc1ccccc1Br)NC1CCNCC1. The lowest BCUT2D eigenvalue weighted by Gasteiger charge is -2.23. The fourth-order valence-electron chi connectivity index (χ4n) is 2.02. The Morgan fingerprint density at radius 3 is 2.78 bits per heavy atom. The second-order valence-corrected chi connectivity index (χ2v) is 5.30. The lowest BCUT2D eigenvalue weighted by Crippen LogP contribution is -2.46. The highest BCUT2D eigenvalue weighted by Crippen LogP contribution is 2.15. The highest BCUT2D eigenvalue weighted by molar-refractivity contribution is 9.10. The van der Waals surface area contributed by atoms with E-state index in [1.54, 1.807) is 0 Å². The Kier molecular flexibility index (Phi) is 5.01. The van der Waals surface area contributed by atoms with Crippen LogP contribution in [0.5, 0.6) is 0 Å². The molecule has 1 saturated heterocycles. The Labute approximate surface area is 116 Å². The maximum atomic E-state index is 11.7. The summed E-state index contributed by atoms with van der Waals surface area (Å²) in [6, 6.07) is 8.11. The monoisotopic (exact) mass is 311 g/mol. The van der Waals surface area contributed by atoms with E-state index in [-0.39, 0.29) is 6.03 Å². The highest BCUT2D eigenvalue weighted by atomic mass is 79.9. The van der Waals surface area contributed by atoms with Gasteiger partial charge in [-0.2, -0.15) is 0 Å². The van der Waals surface area contributed by atoms with Crippen LogP contribution in [0, 0.1) is 0 Å². The number of amides is 2. The topological polar surface area (TPSA) is 53.2 Å². The summed E-state index contributed by atoms with van der Waals surface area (Å²) >= 11 is 3.46. The van der Waals surface area contributed by atoms with Crippen molar-refractivity contribution in [3.63, 3.8) is 0 Å². The van der Waals surface area contributed by atoms with E-state index in [2.05, 4.69) is 31.9 Å². The molecule has 0 spiro atoms. The van der Waals surface area contributed by atoms with Crippen molar-refractivity contribution >= 4 is 22.0 Å². The number of piperidine rings is 1. The first-order chi connectivity index (χ1) is 8.75. The predicted molar refractivity (Wildman–Crippen MR) is 75.4 cm³/mol. The van der Waals surface area contributed by atoms with Crippen molar-refractivity contribution in [3.8, 4) is 0 Å². The third-order valence-corrected chi connectivity index (χ3v) is 3.85. The van der Waals surface area contributed by atoms with Gasteiger partial charge in [0, 0.05) is 17.1 Å². The predicted octanol–water partition coefficient (Wildman–Crippen LogP) is 2.00. The van der Waals surface area contributed by atoms with Gasteiger partial charge in [0.25, 0.3) is 0 Å². The van der Waals surface area contributed by atoms with Gasteiger partial charge >= 0.3 is 6.03 Å². The molecule has 0 unspecified atom stereocenters. The Balaban J connectivity index is 1.76. The van der Waals surface area contributed by atoms with E-state index >= 15 is 0 Å². The van der Waals surface area contributed by atoms with Gasteiger partial charge in [0.15, 0.2) is 0 Å². The van der Waals surface area contributed by atoms with E-state index in [0.717, 1.165) is 36.0 Å². The summed E-state index contributed by atoms with van der Waals surface area (Å²) in [5, 5.41) is 9.17. The van der Waals surface area contributed by atoms with Crippen LogP contribution < -0.4 is 16.0 Å². The first-order valence-electron chi connectivity index (χ1n) is 6.24. The fraction of sp³-hybridized carbons (Fsp3) is 0.462. The minimum absolute atomic E-state index is 0.0855. The first kappa shape index (κ1) is 13.4. The molecule has 5 heteroatoms. The van der Waals surface area contributed by atoms with Crippen molar-refractivity contribution in [2.75, 3.05) is 13.1 Å². The van der Waals surface area contributed by atoms with Gasteiger partial charge in [-0.1, -0.05) is 34.1 Å². The van der Waals surface area contributed by atoms with E-state index < -0.39 is 0 Å². The molecule has 3 N–H and O–H groups in total. The summed E-state index contributed by atoms with van der Waals surface area (Å²) in [5.41, 5.74) is 1.08. The molecule has 0 radical (unpaired) electrons. The molecule has 2 rings (SSSR count). The van der Waals surface area contributed by atoms with Crippen LogP contribution in [-0.4, -0.2) is 25.2 Å². The number of hydrogen-bond acceptors (Lipinski definition) is 2. The van der Waals surface area contributed by atoms with Gasteiger partial charge < -0.3 is 16.0 Å². The van der Waals surface area contributed by atoms with Crippen LogP contribution in [0.2, 0.25) is 0 Å². The zero-order valence-electron chi connectivity index (χ0n) is 10.2. The van der Waals surface area contributed by atoms with Crippen LogP contribution >= 0.6 is 15.9 Å². The number of halogens is 1. The minimum atomic E-state index is -0.0855. The second-order valence-electron chi connectivity index (χ2n) is 4.44. The summed E-state index contributed by atoms with van der Waals surface area (Å²) in [4.78, 5) is 11.7. The van der Waals surface area contributed by atoms with E-state index in [0.29, 0.717) is 12.6 Å². The number of hydrogen-bond donors (Lipinski definition) is 3. The summed E-state index contributed by atoms with van der Waals surface area (Å²) in [7, 11) is 0. The molecule has 0 aromatic heterocycles. The Morgan fingerprint density at radius 2 is 2.06 bits per heavy atom. The zero-order valence-corrected chi connectivity index (χ0v) is 11.8. The van der Waals surface area contributed by atoms with Gasteiger partial charge in [0.1, 0.15) is 0 Å². The molecule has 98 valence electrons. The van der Waals surface area contributed by atoms with Crippen LogP contribution in [0.1, 0.15) is 18.4 Å². The third kappa shape index (κ3) is 3.99.